The topological polar surface area (TPSA) is 96.5 Å². The van der Waals surface area contributed by atoms with E-state index in [1.807, 2.05) is 0 Å². The first-order chi connectivity index (χ1) is 14.8. The van der Waals surface area contributed by atoms with Crippen LogP contribution in [0.5, 0.6) is 5.75 Å². The van der Waals surface area contributed by atoms with Gasteiger partial charge in [0.2, 0.25) is 5.91 Å². The van der Waals surface area contributed by atoms with E-state index in [0.29, 0.717) is 27.4 Å². The van der Waals surface area contributed by atoms with E-state index in [9.17, 15) is 18.8 Å². The van der Waals surface area contributed by atoms with Crippen LogP contribution < -0.4 is 20.7 Å². The van der Waals surface area contributed by atoms with Gasteiger partial charge >= 0.3 is 0 Å². The third-order valence-corrected chi connectivity index (χ3v) is 5.15. The molecule has 1 atom stereocenters. The molecule has 3 N–H and O–H groups in total. The highest BCUT2D eigenvalue weighted by Crippen LogP contribution is 2.34. The molecule has 1 aliphatic rings. The summed E-state index contributed by atoms with van der Waals surface area (Å²) in [6, 6.07) is 8.84. The van der Waals surface area contributed by atoms with Crippen LogP contribution in [0, 0.1) is 12.7 Å². The zero-order chi connectivity index (χ0) is 22.5. The van der Waals surface area contributed by atoms with Gasteiger partial charge in [0, 0.05) is 42.9 Å². The lowest BCUT2D eigenvalue weighted by Gasteiger charge is -2.24. The van der Waals surface area contributed by atoms with E-state index in [4.69, 9.17) is 16.3 Å². The van der Waals surface area contributed by atoms with Crippen LogP contribution in [0.3, 0.4) is 0 Å². The van der Waals surface area contributed by atoms with Gasteiger partial charge in [0.25, 0.3) is 11.8 Å². The summed E-state index contributed by atoms with van der Waals surface area (Å²) >= 11 is 6.19. The normalized spacial score (nSPS) is 15.5. The Hall–Kier alpha value is -3.39. The van der Waals surface area contributed by atoms with Gasteiger partial charge in [-0.3, -0.25) is 14.4 Å². The second kappa shape index (κ2) is 9.61. The molecule has 0 fully saturated rings. The molecule has 1 aliphatic heterocycles. The average molecular weight is 446 g/mol. The van der Waals surface area contributed by atoms with Gasteiger partial charge in [-0.15, -0.1) is 0 Å². The van der Waals surface area contributed by atoms with Crippen molar-refractivity contribution < 1.29 is 23.5 Å². The summed E-state index contributed by atoms with van der Waals surface area (Å²) in [5.41, 5.74) is 2.11. The Bertz CT molecular complexity index is 1050. The monoisotopic (exact) mass is 445 g/mol. The van der Waals surface area contributed by atoms with Crippen LogP contribution in [0.25, 0.3) is 0 Å². The minimum atomic E-state index is -0.522. The number of hydrogen-bond acceptors (Lipinski definition) is 4. The summed E-state index contributed by atoms with van der Waals surface area (Å²) in [6.45, 7) is 1.54. The van der Waals surface area contributed by atoms with Crippen LogP contribution >= 0.6 is 11.6 Å². The molecule has 0 spiro atoms. The molecule has 162 valence electrons. The van der Waals surface area contributed by atoms with Crippen molar-refractivity contribution in [1.82, 2.24) is 10.6 Å². The molecule has 0 aromatic heterocycles. The van der Waals surface area contributed by atoms with Crippen molar-refractivity contribution in [2.75, 3.05) is 19.0 Å². The van der Waals surface area contributed by atoms with E-state index >= 15 is 0 Å². The molecule has 9 heteroatoms. The predicted molar refractivity (Wildman–Crippen MR) is 114 cm³/mol. The minimum Gasteiger partial charge on any atom is -0.482 e. The number of carbonyl (C=O) groups excluding carboxylic acids is 3. The zero-order valence-electron chi connectivity index (χ0n) is 16.9. The molecular formula is C22H21ClFN3O4. The van der Waals surface area contributed by atoms with Crippen LogP contribution in [0.4, 0.5) is 10.1 Å². The Morgan fingerprint density at radius 1 is 1.26 bits per heavy atom. The quantitative estimate of drug-likeness (QED) is 0.636. The second-order valence-electron chi connectivity index (χ2n) is 6.99. The molecule has 1 unspecified atom stereocenters. The highest BCUT2D eigenvalue weighted by Gasteiger charge is 2.29. The summed E-state index contributed by atoms with van der Waals surface area (Å²) in [6.07, 6.45) is 1.43. The van der Waals surface area contributed by atoms with Gasteiger partial charge in [-0.25, -0.2) is 4.39 Å². The fourth-order valence-corrected chi connectivity index (χ4v) is 3.41. The molecule has 0 saturated heterocycles. The number of likely N-dealkylation sites (N-methyl/N-ethyl adjacent to an activating group) is 1. The third-order valence-electron chi connectivity index (χ3n) is 4.85. The molecule has 2 aromatic rings. The first-order valence-electron chi connectivity index (χ1n) is 9.48. The van der Waals surface area contributed by atoms with Crippen molar-refractivity contribution >= 4 is 35.0 Å². The van der Waals surface area contributed by atoms with Gasteiger partial charge in [-0.2, -0.15) is 0 Å². The molecule has 1 heterocycles. The Morgan fingerprint density at radius 2 is 1.97 bits per heavy atom. The largest absolute Gasteiger partial charge is 0.482 e. The van der Waals surface area contributed by atoms with Crippen LogP contribution in [0.2, 0.25) is 5.02 Å². The molecule has 0 saturated carbocycles. The van der Waals surface area contributed by atoms with Gasteiger partial charge < -0.3 is 20.7 Å². The van der Waals surface area contributed by atoms with Crippen molar-refractivity contribution in [3.8, 4) is 5.75 Å². The smallest absolute Gasteiger partial charge is 0.257 e. The number of benzene rings is 2. The number of rotatable bonds is 6. The van der Waals surface area contributed by atoms with Crippen molar-refractivity contribution in [2.24, 2.45) is 0 Å². The van der Waals surface area contributed by atoms with E-state index in [0.717, 1.165) is 0 Å². The molecule has 0 radical (unpaired) electrons. The Labute approximate surface area is 183 Å². The average Bonchev–Trinajstić information content (AvgIpc) is 2.74. The summed E-state index contributed by atoms with van der Waals surface area (Å²) in [5, 5.41) is 8.10. The number of carbonyl (C=O) groups is 3. The number of ether oxygens (including phenoxy) is 1. The molecule has 3 rings (SSSR count). The van der Waals surface area contributed by atoms with E-state index in [2.05, 4.69) is 16.0 Å². The molecular weight excluding hydrogens is 425 g/mol. The van der Waals surface area contributed by atoms with E-state index in [1.54, 1.807) is 25.1 Å². The van der Waals surface area contributed by atoms with Gasteiger partial charge in [0.1, 0.15) is 11.6 Å². The second-order valence-corrected chi connectivity index (χ2v) is 7.40. The Morgan fingerprint density at radius 3 is 2.65 bits per heavy atom. The lowest BCUT2D eigenvalue weighted by atomic mass is 9.86. The predicted octanol–water partition coefficient (Wildman–Crippen LogP) is 3.04. The highest BCUT2D eigenvalue weighted by molar-refractivity contribution is 6.32. The van der Waals surface area contributed by atoms with Crippen molar-refractivity contribution in [2.45, 2.75) is 19.3 Å². The lowest BCUT2D eigenvalue weighted by molar-refractivity contribution is -0.123. The Balaban J connectivity index is 1.84. The first-order valence-corrected chi connectivity index (χ1v) is 9.86. The van der Waals surface area contributed by atoms with Crippen LogP contribution in [0.1, 0.15) is 23.5 Å². The van der Waals surface area contributed by atoms with Crippen LogP contribution in [-0.2, 0) is 14.4 Å². The maximum absolute atomic E-state index is 13.3. The fraction of sp³-hybridized carbons (Fsp3) is 0.227. The first kappa shape index (κ1) is 22.3. The summed E-state index contributed by atoms with van der Waals surface area (Å²) in [4.78, 5) is 36.4. The molecule has 31 heavy (non-hydrogen) atoms. The van der Waals surface area contributed by atoms with Crippen molar-refractivity contribution in [3.05, 3.63) is 70.1 Å². The number of aryl methyl sites for hydroxylation is 1. The molecule has 3 amide bonds. The number of anilines is 1. The number of nitrogens with one attached hydrogen (secondary N) is 3. The third kappa shape index (κ3) is 5.40. The van der Waals surface area contributed by atoms with E-state index in [1.165, 1.54) is 31.4 Å². The fourth-order valence-electron chi connectivity index (χ4n) is 3.14. The molecule has 0 aliphatic carbocycles. The summed E-state index contributed by atoms with van der Waals surface area (Å²) in [7, 11) is 1.49. The molecule has 2 aromatic carbocycles. The Kier molecular flexibility index (Phi) is 6.91. The molecule has 0 bridgehead atoms. The van der Waals surface area contributed by atoms with Gasteiger partial charge in [0.15, 0.2) is 6.61 Å². The van der Waals surface area contributed by atoms with Gasteiger partial charge in [-0.1, -0.05) is 23.7 Å². The van der Waals surface area contributed by atoms with Crippen molar-refractivity contribution in [3.63, 3.8) is 0 Å². The zero-order valence-corrected chi connectivity index (χ0v) is 17.7. The number of hydrogen-bond donors (Lipinski definition) is 3. The van der Waals surface area contributed by atoms with Gasteiger partial charge in [-0.05, 0) is 36.2 Å². The van der Waals surface area contributed by atoms with Crippen molar-refractivity contribution in [1.29, 1.82) is 0 Å². The maximum atomic E-state index is 13.3. The summed E-state index contributed by atoms with van der Waals surface area (Å²) < 4.78 is 18.7. The van der Waals surface area contributed by atoms with E-state index < -0.39 is 17.6 Å². The van der Waals surface area contributed by atoms with Gasteiger partial charge in [0.05, 0.1) is 5.02 Å². The van der Waals surface area contributed by atoms with Crippen LogP contribution in [0.15, 0.2) is 48.2 Å². The maximum Gasteiger partial charge on any atom is 0.257 e. The lowest BCUT2D eigenvalue weighted by Crippen LogP contribution is -2.32. The van der Waals surface area contributed by atoms with E-state index in [-0.39, 0.29) is 30.6 Å². The van der Waals surface area contributed by atoms with Crippen LogP contribution in [-0.4, -0.2) is 31.4 Å². The minimum absolute atomic E-state index is 0.0605. The summed E-state index contributed by atoms with van der Waals surface area (Å²) in [5.74, 6) is -1.68. The number of amides is 3. The SMILES string of the molecule is CNC(=O)COc1cc(NC(=O)C2=CNC(=O)CC2c2ccc(F)cc2)c(C)cc1Cl. The number of halogens is 2. The standard InChI is InChI=1S/C22H21ClFN3O4/c1-12-7-17(23)19(31-11-21(29)25-2)9-18(12)27-22(30)16-10-26-20(28)8-15(16)13-3-5-14(24)6-4-13/h3-7,9-10,15H,8,11H2,1-2H3,(H,25,29)(H,26,28)(H,27,30). The highest BCUT2D eigenvalue weighted by atomic mass is 35.5. The molecule has 7 nitrogen and oxygen atoms in total.